The number of nitrogens with two attached hydrogens (primary N) is 1. The van der Waals surface area contributed by atoms with Gasteiger partial charge in [0.25, 0.3) is 0 Å². The predicted molar refractivity (Wildman–Crippen MR) is 92.7 cm³/mol. The number of rotatable bonds is 4. The largest absolute Gasteiger partial charge is 0.347 e. The molecule has 0 amide bonds. The number of benzene rings is 2. The highest BCUT2D eigenvalue weighted by molar-refractivity contribution is 7.89. The summed E-state index contributed by atoms with van der Waals surface area (Å²) in [5, 5.41) is 6.22. The molecule has 1 aromatic heterocycles. The maximum atomic E-state index is 11.2. The summed E-state index contributed by atoms with van der Waals surface area (Å²) in [7, 11) is -3.67. The van der Waals surface area contributed by atoms with Crippen LogP contribution in [0.5, 0.6) is 0 Å². The summed E-state index contributed by atoms with van der Waals surface area (Å²) < 4.78 is 24.7. The Balaban J connectivity index is 1.94. The van der Waals surface area contributed by atoms with Gasteiger partial charge in [0.2, 0.25) is 10.0 Å². The van der Waals surface area contributed by atoms with Crippen LogP contribution < -0.4 is 5.14 Å². The van der Waals surface area contributed by atoms with E-state index in [9.17, 15) is 8.42 Å². The average molecular weight is 327 g/mol. The number of hydrogen-bond donors (Lipinski definition) is 1. The van der Waals surface area contributed by atoms with Gasteiger partial charge in [0.1, 0.15) is 0 Å². The van der Waals surface area contributed by atoms with Crippen LogP contribution in [0.4, 0.5) is 5.69 Å². The first-order valence-electron chi connectivity index (χ1n) is 7.24. The first-order valence-corrected chi connectivity index (χ1v) is 8.78. The summed E-state index contributed by atoms with van der Waals surface area (Å²) in [4.78, 5) is 4.51. The van der Waals surface area contributed by atoms with Crippen LogP contribution in [0.3, 0.4) is 0 Å². The molecule has 6 heteroatoms. The number of hydrogen-bond acceptors (Lipinski definition) is 3. The first kappa shape index (κ1) is 15.5. The Morgan fingerprint density at radius 3 is 2.48 bits per heavy atom. The van der Waals surface area contributed by atoms with E-state index in [1.807, 2.05) is 12.1 Å². The fourth-order valence-corrected chi connectivity index (χ4v) is 3.02. The van der Waals surface area contributed by atoms with Crippen molar-refractivity contribution in [1.82, 2.24) is 4.57 Å². The molecule has 23 heavy (non-hydrogen) atoms. The van der Waals surface area contributed by atoms with E-state index in [1.165, 1.54) is 17.6 Å². The molecule has 0 radical (unpaired) electrons. The van der Waals surface area contributed by atoms with Crippen molar-refractivity contribution < 1.29 is 8.42 Å². The van der Waals surface area contributed by atoms with Crippen LogP contribution in [0.15, 0.2) is 64.6 Å². The van der Waals surface area contributed by atoms with Crippen LogP contribution in [-0.2, 0) is 16.6 Å². The zero-order valence-electron chi connectivity index (χ0n) is 12.7. The monoisotopic (exact) mass is 327 g/mol. The summed E-state index contributed by atoms with van der Waals surface area (Å²) in [6.07, 6.45) is 3.85. The lowest BCUT2D eigenvalue weighted by atomic mass is 10.2. The number of aliphatic imine (C=N–C) groups is 1. The number of sulfonamides is 1. The highest BCUT2D eigenvalue weighted by Crippen LogP contribution is 2.21. The van der Waals surface area contributed by atoms with Gasteiger partial charge in [-0.05, 0) is 37.3 Å². The van der Waals surface area contributed by atoms with Gasteiger partial charge in [-0.25, -0.2) is 13.6 Å². The van der Waals surface area contributed by atoms with Crippen molar-refractivity contribution in [2.24, 2.45) is 10.1 Å². The fourth-order valence-electron chi connectivity index (χ4n) is 2.51. The quantitative estimate of drug-likeness (QED) is 0.748. The Kier molecular flexibility index (Phi) is 4.02. The zero-order valence-corrected chi connectivity index (χ0v) is 13.5. The van der Waals surface area contributed by atoms with E-state index in [0.717, 1.165) is 17.5 Å². The lowest BCUT2D eigenvalue weighted by Gasteiger charge is -1.98. The van der Waals surface area contributed by atoms with Crippen LogP contribution in [0.1, 0.15) is 12.5 Å². The summed E-state index contributed by atoms with van der Waals surface area (Å²) >= 11 is 0. The molecule has 0 bridgehead atoms. The molecule has 0 fully saturated rings. The van der Waals surface area contributed by atoms with Crippen LogP contribution in [0.25, 0.3) is 10.9 Å². The third-order valence-corrected chi connectivity index (χ3v) is 4.61. The Morgan fingerprint density at radius 2 is 1.83 bits per heavy atom. The molecule has 2 aromatic carbocycles. The first-order chi connectivity index (χ1) is 11.0. The SMILES string of the molecule is CCn1cc(C=Nc2ccc(S(N)(=O)=O)cc2)c2ccccc21. The summed E-state index contributed by atoms with van der Waals surface area (Å²) in [6.45, 7) is 2.98. The van der Waals surface area contributed by atoms with E-state index < -0.39 is 10.0 Å². The zero-order chi connectivity index (χ0) is 16.4. The number of nitrogens with zero attached hydrogens (tertiary/aromatic N) is 2. The minimum Gasteiger partial charge on any atom is -0.347 e. The maximum Gasteiger partial charge on any atom is 0.238 e. The van der Waals surface area contributed by atoms with E-state index in [4.69, 9.17) is 5.14 Å². The topological polar surface area (TPSA) is 77.5 Å². The van der Waals surface area contributed by atoms with Crippen LogP contribution >= 0.6 is 0 Å². The fraction of sp³-hybridized carbons (Fsp3) is 0.118. The van der Waals surface area contributed by atoms with Crippen molar-refractivity contribution in [2.75, 3.05) is 0 Å². The minimum atomic E-state index is -3.67. The molecule has 3 aromatic rings. The van der Waals surface area contributed by atoms with E-state index in [1.54, 1.807) is 18.3 Å². The molecule has 3 rings (SSSR count). The van der Waals surface area contributed by atoms with E-state index in [0.29, 0.717) is 5.69 Å². The highest BCUT2D eigenvalue weighted by atomic mass is 32.2. The molecular formula is C17H17N3O2S. The predicted octanol–water partition coefficient (Wildman–Crippen LogP) is 3.06. The van der Waals surface area contributed by atoms with Gasteiger partial charge in [0.15, 0.2) is 0 Å². The molecule has 0 aliphatic carbocycles. The second-order valence-corrected chi connectivity index (χ2v) is 6.75. The number of fused-ring (bicyclic) bond motifs is 1. The van der Waals surface area contributed by atoms with Crippen LogP contribution in [0.2, 0.25) is 0 Å². The van der Waals surface area contributed by atoms with Gasteiger partial charge in [-0.3, -0.25) is 4.99 Å². The lowest BCUT2D eigenvalue weighted by Crippen LogP contribution is -2.11. The van der Waals surface area contributed by atoms with Crippen molar-refractivity contribution >= 4 is 32.8 Å². The second kappa shape index (κ2) is 5.98. The number of primary sulfonamides is 1. The molecule has 0 spiro atoms. The Hall–Kier alpha value is -2.44. The molecular weight excluding hydrogens is 310 g/mol. The average Bonchev–Trinajstić information content (AvgIpc) is 2.91. The second-order valence-electron chi connectivity index (χ2n) is 5.18. The van der Waals surface area contributed by atoms with Gasteiger partial charge in [-0.15, -0.1) is 0 Å². The molecule has 0 saturated carbocycles. The number of aryl methyl sites for hydroxylation is 1. The number of para-hydroxylation sites is 1. The summed E-state index contributed by atoms with van der Waals surface area (Å²) in [5.74, 6) is 0. The van der Waals surface area contributed by atoms with Gasteiger partial charge in [-0.1, -0.05) is 18.2 Å². The molecule has 0 aliphatic rings. The third-order valence-electron chi connectivity index (χ3n) is 3.68. The molecule has 1 heterocycles. The minimum absolute atomic E-state index is 0.0824. The summed E-state index contributed by atoms with van der Waals surface area (Å²) in [6, 6.07) is 14.3. The third kappa shape index (κ3) is 3.18. The molecule has 0 unspecified atom stereocenters. The van der Waals surface area contributed by atoms with E-state index in [-0.39, 0.29) is 4.90 Å². The van der Waals surface area contributed by atoms with E-state index >= 15 is 0 Å². The molecule has 0 atom stereocenters. The standard InChI is InChI=1S/C17H17N3O2S/c1-2-20-12-13(16-5-3-4-6-17(16)20)11-19-14-7-9-15(10-8-14)23(18,21)22/h3-12H,2H2,1H3,(H2,18,21,22). The van der Waals surface area contributed by atoms with Gasteiger partial charge >= 0.3 is 0 Å². The normalized spacial score (nSPS) is 12.3. The summed E-state index contributed by atoms with van der Waals surface area (Å²) in [5.41, 5.74) is 2.87. The molecule has 0 saturated heterocycles. The van der Waals surface area contributed by atoms with Crippen molar-refractivity contribution in [3.63, 3.8) is 0 Å². The Bertz CT molecular complexity index is 971. The lowest BCUT2D eigenvalue weighted by molar-refractivity contribution is 0.598. The van der Waals surface area contributed by atoms with Crippen molar-refractivity contribution in [3.8, 4) is 0 Å². The smallest absolute Gasteiger partial charge is 0.238 e. The van der Waals surface area contributed by atoms with Gasteiger partial charge in [0, 0.05) is 35.4 Å². The molecule has 2 N–H and O–H groups in total. The maximum absolute atomic E-state index is 11.2. The van der Waals surface area contributed by atoms with E-state index in [2.05, 4.69) is 34.8 Å². The number of aromatic nitrogens is 1. The van der Waals surface area contributed by atoms with Crippen LogP contribution in [-0.4, -0.2) is 19.2 Å². The van der Waals surface area contributed by atoms with Gasteiger partial charge in [0.05, 0.1) is 10.6 Å². The highest BCUT2D eigenvalue weighted by Gasteiger charge is 2.07. The van der Waals surface area contributed by atoms with Crippen molar-refractivity contribution in [1.29, 1.82) is 0 Å². The molecule has 0 aliphatic heterocycles. The van der Waals surface area contributed by atoms with Crippen LogP contribution in [0, 0.1) is 0 Å². The van der Waals surface area contributed by atoms with Crippen molar-refractivity contribution in [2.45, 2.75) is 18.4 Å². The Labute approximate surface area is 135 Å². The van der Waals surface area contributed by atoms with Gasteiger partial charge in [-0.2, -0.15) is 0 Å². The van der Waals surface area contributed by atoms with Crippen molar-refractivity contribution in [3.05, 3.63) is 60.3 Å². The molecule has 118 valence electrons. The van der Waals surface area contributed by atoms with Gasteiger partial charge < -0.3 is 4.57 Å². The molecule has 5 nitrogen and oxygen atoms in total. The Morgan fingerprint density at radius 1 is 1.13 bits per heavy atom.